The van der Waals surface area contributed by atoms with Gasteiger partial charge in [-0.05, 0) is 30.0 Å². The minimum Gasteiger partial charge on any atom is -0.477 e. The molecule has 1 heterocycles. The molecule has 0 spiro atoms. The summed E-state index contributed by atoms with van der Waals surface area (Å²) in [6, 6.07) is 5.12. The van der Waals surface area contributed by atoms with E-state index < -0.39 is 5.97 Å². The van der Waals surface area contributed by atoms with Gasteiger partial charge in [-0.1, -0.05) is 29.3 Å². The summed E-state index contributed by atoms with van der Waals surface area (Å²) in [4.78, 5) is 11.3. The van der Waals surface area contributed by atoms with Crippen LogP contribution in [-0.4, -0.2) is 11.1 Å². The predicted octanol–water partition coefficient (Wildman–Crippen LogP) is 4.81. The fraction of sp³-hybridized carbons (Fsp3) is 0.0833. The van der Waals surface area contributed by atoms with E-state index in [2.05, 4.69) is 5.32 Å². The summed E-state index contributed by atoms with van der Waals surface area (Å²) < 4.78 is 0. The number of aryl methyl sites for hydroxylation is 1. The molecule has 0 fully saturated rings. The molecule has 0 unspecified atom stereocenters. The third-order valence-electron chi connectivity index (χ3n) is 2.38. The molecule has 6 heteroatoms. The van der Waals surface area contributed by atoms with Crippen LogP contribution in [0.2, 0.25) is 10.0 Å². The second-order valence-electron chi connectivity index (χ2n) is 3.65. The molecule has 2 N–H and O–H groups in total. The summed E-state index contributed by atoms with van der Waals surface area (Å²) in [5.74, 6) is -0.973. The van der Waals surface area contributed by atoms with Crippen molar-refractivity contribution < 1.29 is 9.90 Å². The minimum atomic E-state index is -0.973. The van der Waals surface area contributed by atoms with Crippen LogP contribution in [0, 0.1) is 6.92 Å². The zero-order chi connectivity index (χ0) is 13.3. The van der Waals surface area contributed by atoms with Gasteiger partial charge in [0, 0.05) is 0 Å². The highest BCUT2D eigenvalue weighted by Crippen LogP contribution is 2.36. The Kier molecular flexibility index (Phi) is 3.80. The van der Waals surface area contributed by atoms with E-state index in [0.29, 0.717) is 21.4 Å². The maximum atomic E-state index is 11.1. The van der Waals surface area contributed by atoms with Gasteiger partial charge in [0.1, 0.15) is 4.88 Å². The molecule has 1 aromatic carbocycles. The Bertz CT molecular complexity index is 590. The topological polar surface area (TPSA) is 49.3 Å². The Labute approximate surface area is 118 Å². The van der Waals surface area contributed by atoms with Crippen LogP contribution >= 0.6 is 34.5 Å². The number of hydrogen-bond acceptors (Lipinski definition) is 3. The molecule has 0 atom stereocenters. The summed E-state index contributed by atoms with van der Waals surface area (Å²) in [7, 11) is 0. The Morgan fingerprint density at radius 1 is 1.28 bits per heavy atom. The molecule has 3 nitrogen and oxygen atoms in total. The Balaban J connectivity index is 2.46. The minimum absolute atomic E-state index is 0.239. The number of rotatable bonds is 3. The average molecular weight is 302 g/mol. The van der Waals surface area contributed by atoms with Crippen LogP contribution in [0.1, 0.15) is 15.2 Å². The Morgan fingerprint density at radius 3 is 2.44 bits per heavy atom. The molecular weight excluding hydrogens is 293 g/mol. The van der Waals surface area contributed by atoms with E-state index in [1.54, 1.807) is 23.6 Å². The van der Waals surface area contributed by atoms with Crippen molar-refractivity contribution in [3.8, 4) is 0 Å². The average Bonchev–Trinajstić information content (AvgIpc) is 2.66. The molecule has 0 radical (unpaired) electrons. The number of hydrogen-bond donors (Lipinski definition) is 2. The van der Waals surface area contributed by atoms with Gasteiger partial charge in [0.05, 0.1) is 21.4 Å². The summed E-state index contributed by atoms with van der Waals surface area (Å²) in [5.41, 5.74) is 1.89. The van der Waals surface area contributed by atoms with Crippen molar-refractivity contribution in [1.82, 2.24) is 0 Å². The molecule has 0 aliphatic rings. The van der Waals surface area contributed by atoms with Gasteiger partial charge in [-0.3, -0.25) is 0 Å². The molecule has 0 saturated carbocycles. The Hall–Kier alpha value is -1.23. The van der Waals surface area contributed by atoms with Crippen molar-refractivity contribution in [3.05, 3.63) is 44.1 Å². The largest absolute Gasteiger partial charge is 0.477 e. The quantitative estimate of drug-likeness (QED) is 0.855. The predicted molar refractivity (Wildman–Crippen MR) is 75.8 cm³/mol. The lowest BCUT2D eigenvalue weighted by atomic mass is 10.2. The smallest absolute Gasteiger partial charge is 0.348 e. The van der Waals surface area contributed by atoms with E-state index in [9.17, 15) is 4.79 Å². The number of carboxylic acid groups (broad SMARTS) is 1. The lowest BCUT2D eigenvalue weighted by molar-refractivity contribution is 0.0703. The van der Waals surface area contributed by atoms with Gasteiger partial charge >= 0.3 is 5.97 Å². The first kappa shape index (κ1) is 13.2. The SMILES string of the molecule is Cc1csc(C(=O)O)c1Nc1c(Cl)cccc1Cl. The first-order valence-electron chi connectivity index (χ1n) is 5.03. The molecule has 18 heavy (non-hydrogen) atoms. The van der Waals surface area contributed by atoms with Gasteiger partial charge in [-0.2, -0.15) is 0 Å². The van der Waals surface area contributed by atoms with Crippen LogP contribution < -0.4 is 5.32 Å². The van der Waals surface area contributed by atoms with Crippen molar-refractivity contribution in [2.45, 2.75) is 6.92 Å². The first-order chi connectivity index (χ1) is 8.50. The van der Waals surface area contributed by atoms with E-state index in [4.69, 9.17) is 28.3 Å². The van der Waals surface area contributed by atoms with Crippen molar-refractivity contribution in [2.75, 3.05) is 5.32 Å². The zero-order valence-corrected chi connectivity index (χ0v) is 11.7. The fourth-order valence-electron chi connectivity index (χ4n) is 1.50. The van der Waals surface area contributed by atoms with Crippen molar-refractivity contribution in [3.63, 3.8) is 0 Å². The van der Waals surface area contributed by atoms with Crippen molar-refractivity contribution in [2.24, 2.45) is 0 Å². The molecule has 0 bridgehead atoms. The number of carbonyl (C=O) groups is 1. The molecule has 2 aromatic rings. The summed E-state index contributed by atoms with van der Waals surface area (Å²) in [5, 5.41) is 14.8. The van der Waals surface area contributed by atoms with Crippen LogP contribution in [-0.2, 0) is 0 Å². The summed E-state index contributed by atoms with van der Waals surface area (Å²) in [6.07, 6.45) is 0. The lowest BCUT2D eigenvalue weighted by Gasteiger charge is -2.11. The number of thiophene rings is 1. The van der Waals surface area contributed by atoms with Gasteiger partial charge in [0.25, 0.3) is 0 Å². The first-order valence-corrected chi connectivity index (χ1v) is 6.66. The summed E-state index contributed by atoms with van der Waals surface area (Å²) >= 11 is 13.2. The fourth-order valence-corrected chi connectivity index (χ4v) is 2.83. The van der Waals surface area contributed by atoms with Gasteiger partial charge in [-0.15, -0.1) is 11.3 Å². The van der Waals surface area contributed by atoms with Gasteiger partial charge in [-0.25, -0.2) is 4.79 Å². The molecule has 94 valence electrons. The highest BCUT2D eigenvalue weighted by Gasteiger charge is 2.17. The van der Waals surface area contributed by atoms with Crippen molar-refractivity contribution in [1.29, 1.82) is 0 Å². The van der Waals surface area contributed by atoms with Gasteiger partial charge < -0.3 is 10.4 Å². The Morgan fingerprint density at radius 2 is 1.89 bits per heavy atom. The third kappa shape index (κ3) is 2.46. The molecule has 1 aromatic heterocycles. The third-order valence-corrected chi connectivity index (χ3v) is 4.10. The number of anilines is 2. The van der Waals surface area contributed by atoms with Crippen molar-refractivity contribution >= 4 is 51.9 Å². The highest BCUT2D eigenvalue weighted by atomic mass is 35.5. The molecule has 2 rings (SSSR count). The molecule has 0 aliphatic carbocycles. The highest BCUT2D eigenvalue weighted by molar-refractivity contribution is 7.12. The summed E-state index contributed by atoms with van der Waals surface area (Å²) in [6.45, 7) is 1.83. The van der Waals surface area contributed by atoms with Gasteiger partial charge in [0.15, 0.2) is 0 Å². The van der Waals surface area contributed by atoms with Crippen LogP contribution in [0.4, 0.5) is 11.4 Å². The number of carboxylic acids is 1. The number of aromatic carboxylic acids is 1. The number of para-hydroxylation sites is 1. The van der Waals surface area contributed by atoms with Gasteiger partial charge in [0.2, 0.25) is 0 Å². The lowest BCUT2D eigenvalue weighted by Crippen LogP contribution is -2.00. The maximum absolute atomic E-state index is 11.1. The van der Waals surface area contributed by atoms with Crippen LogP contribution in [0.15, 0.2) is 23.6 Å². The molecular formula is C12H9Cl2NO2S. The normalized spacial score (nSPS) is 10.4. The number of benzene rings is 1. The van der Waals surface area contributed by atoms with E-state index in [1.165, 1.54) is 11.3 Å². The second-order valence-corrected chi connectivity index (χ2v) is 5.34. The van der Waals surface area contributed by atoms with E-state index in [-0.39, 0.29) is 4.88 Å². The van der Waals surface area contributed by atoms with E-state index in [1.807, 2.05) is 6.92 Å². The van der Waals surface area contributed by atoms with Crippen LogP contribution in [0.25, 0.3) is 0 Å². The maximum Gasteiger partial charge on any atom is 0.348 e. The zero-order valence-electron chi connectivity index (χ0n) is 9.33. The second kappa shape index (κ2) is 5.18. The monoisotopic (exact) mass is 301 g/mol. The number of halogens is 2. The molecule has 0 amide bonds. The van der Waals surface area contributed by atoms with Crippen LogP contribution in [0.3, 0.4) is 0 Å². The van der Waals surface area contributed by atoms with E-state index >= 15 is 0 Å². The number of nitrogens with one attached hydrogen (secondary N) is 1. The van der Waals surface area contributed by atoms with Crippen LogP contribution in [0.5, 0.6) is 0 Å². The molecule has 0 saturated heterocycles. The van der Waals surface area contributed by atoms with E-state index in [0.717, 1.165) is 5.56 Å². The molecule has 0 aliphatic heterocycles. The standard InChI is InChI=1S/C12H9Cl2NO2S/c1-6-5-18-11(12(16)17)9(6)15-10-7(13)3-2-4-8(10)14/h2-5,15H,1H3,(H,16,17).